The molecule has 0 radical (unpaired) electrons. The highest BCUT2D eigenvalue weighted by molar-refractivity contribution is 6.31. The third-order valence-electron chi connectivity index (χ3n) is 3.31. The standard InChI is InChI=1S/C15H18ClNO3/c1-17(10-13-3-2-8-20-13)14-9-12(16)6-4-11(14)5-7-15(18)19/h4-7,9,13H,2-3,8,10H2,1H3,(H,18,19)/b7-5+. The summed E-state index contributed by atoms with van der Waals surface area (Å²) in [7, 11) is 1.96. The molecule has 1 unspecified atom stereocenters. The van der Waals surface area contributed by atoms with Crippen molar-refractivity contribution in [3.05, 3.63) is 34.9 Å². The van der Waals surface area contributed by atoms with Gasteiger partial charge >= 0.3 is 5.97 Å². The first kappa shape index (κ1) is 14.9. The van der Waals surface area contributed by atoms with E-state index in [1.807, 2.05) is 19.2 Å². The van der Waals surface area contributed by atoms with Crippen LogP contribution in [0, 0.1) is 0 Å². The van der Waals surface area contributed by atoms with E-state index in [-0.39, 0.29) is 6.10 Å². The van der Waals surface area contributed by atoms with Gasteiger partial charge in [0.2, 0.25) is 0 Å². The first-order chi connectivity index (χ1) is 9.56. The van der Waals surface area contributed by atoms with Crippen molar-refractivity contribution < 1.29 is 14.6 Å². The fraction of sp³-hybridized carbons (Fsp3) is 0.400. The number of hydrogen-bond acceptors (Lipinski definition) is 3. The average molecular weight is 296 g/mol. The smallest absolute Gasteiger partial charge is 0.328 e. The summed E-state index contributed by atoms with van der Waals surface area (Å²) in [5, 5.41) is 9.37. The highest BCUT2D eigenvalue weighted by atomic mass is 35.5. The molecule has 1 N–H and O–H groups in total. The van der Waals surface area contributed by atoms with E-state index in [9.17, 15) is 4.79 Å². The number of aliphatic carboxylic acids is 1. The predicted molar refractivity (Wildman–Crippen MR) is 80.4 cm³/mol. The van der Waals surface area contributed by atoms with E-state index in [1.165, 1.54) is 0 Å². The fourth-order valence-corrected chi connectivity index (χ4v) is 2.51. The highest BCUT2D eigenvalue weighted by Gasteiger charge is 2.18. The number of rotatable bonds is 5. The van der Waals surface area contributed by atoms with Crippen molar-refractivity contribution in [1.29, 1.82) is 0 Å². The quantitative estimate of drug-likeness (QED) is 0.848. The first-order valence-corrected chi connectivity index (χ1v) is 6.97. The first-order valence-electron chi connectivity index (χ1n) is 6.59. The second kappa shape index (κ2) is 6.77. The lowest BCUT2D eigenvalue weighted by Crippen LogP contribution is -2.29. The molecule has 0 aromatic heterocycles. The van der Waals surface area contributed by atoms with E-state index < -0.39 is 5.97 Å². The van der Waals surface area contributed by atoms with Crippen LogP contribution in [0.4, 0.5) is 5.69 Å². The number of anilines is 1. The third kappa shape index (κ3) is 3.99. The molecule has 108 valence electrons. The van der Waals surface area contributed by atoms with E-state index in [0.717, 1.165) is 43.3 Å². The number of hydrogen-bond donors (Lipinski definition) is 1. The van der Waals surface area contributed by atoms with Gasteiger partial charge in [0.15, 0.2) is 0 Å². The minimum Gasteiger partial charge on any atom is -0.478 e. The Kier molecular flexibility index (Phi) is 5.04. The Labute approximate surface area is 123 Å². The third-order valence-corrected chi connectivity index (χ3v) is 3.55. The van der Waals surface area contributed by atoms with Crippen molar-refractivity contribution in [2.45, 2.75) is 18.9 Å². The molecule has 5 heteroatoms. The Morgan fingerprint density at radius 1 is 1.60 bits per heavy atom. The molecule has 1 fully saturated rings. The van der Waals surface area contributed by atoms with Gasteiger partial charge in [0.25, 0.3) is 0 Å². The Hall–Kier alpha value is -1.52. The molecule has 1 saturated heterocycles. The number of carboxylic acid groups (broad SMARTS) is 1. The van der Waals surface area contributed by atoms with Gasteiger partial charge in [-0.15, -0.1) is 0 Å². The molecule has 1 aromatic rings. The minimum absolute atomic E-state index is 0.232. The molecule has 1 aromatic carbocycles. The Balaban J connectivity index is 2.18. The SMILES string of the molecule is CN(CC1CCCO1)c1cc(Cl)ccc1/C=C/C(=O)O. The molecule has 0 spiro atoms. The number of carboxylic acids is 1. The molecule has 0 aliphatic carbocycles. The summed E-state index contributed by atoms with van der Waals surface area (Å²) in [6.45, 7) is 1.59. The van der Waals surface area contributed by atoms with Crippen LogP contribution in [0.25, 0.3) is 6.08 Å². The molecule has 1 aliphatic rings. The molecule has 0 bridgehead atoms. The van der Waals surface area contributed by atoms with Gasteiger partial charge in [-0.05, 0) is 36.6 Å². The Morgan fingerprint density at radius 2 is 2.40 bits per heavy atom. The topological polar surface area (TPSA) is 49.8 Å². The Bertz CT molecular complexity index is 510. The molecule has 0 saturated carbocycles. The molecule has 4 nitrogen and oxygen atoms in total. The van der Waals surface area contributed by atoms with Crippen LogP contribution in [-0.2, 0) is 9.53 Å². The van der Waals surface area contributed by atoms with Crippen LogP contribution in [0.3, 0.4) is 0 Å². The van der Waals surface area contributed by atoms with Crippen molar-refractivity contribution in [3.8, 4) is 0 Å². The second-order valence-corrected chi connectivity index (χ2v) is 5.33. The largest absolute Gasteiger partial charge is 0.478 e. The minimum atomic E-state index is -0.965. The summed E-state index contributed by atoms with van der Waals surface area (Å²) in [4.78, 5) is 12.7. The van der Waals surface area contributed by atoms with Crippen LogP contribution in [0.5, 0.6) is 0 Å². The van der Waals surface area contributed by atoms with Gasteiger partial charge in [0.1, 0.15) is 0 Å². The number of halogens is 1. The van der Waals surface area contributed by atoms with Gasteiger partial charge in [-0.3, -0.25) is 0 Å². The molecular weight excluding hydrogens is 278 g/mol. The maximum atomic E-state index is 10.7. The number of ether oxygens (including phenoxy) is 1. The zero-order chi connectivity index (χ0) is 14.5. The summed E-state index contributed by atoms with van der Waals surface area (Å²) in [6, 6.07) is 5.42. The number of nitrogens with zero attached hydrogens (tertiary/aromatic N) is 1. The predicted octanol–water partition coefficient (Wildman–Crippen LogP) is 3.05. The van der Waals surface area contributed by atoms with E-state index >= 15 is 0 Å². The number of likely N-dealkylation sites (N-methyl/N-ethyl adjacent to an activating group) is 1. The van der Waals surface area contributed by atoms with Gasteiger partial charge in [0.05, 0.1) is 6.10 Å². The zero-order valence-electron chi connectivity index (χ0n) is 11.4. The lowest BCUT2D eigenvalue weighted by Gasteiger charge is -2.24. The summed E-state index contributed by atoms with van der Waals surface area (Å²) in [5.41, 5.74) is 1.74. The normalized spacial score (nSPS) is 18.6. The maximum absolute atomic E-state index is 10.7. The average Bonchev–Trinajstić information content (AvgIpc) is 2.89. The van der Waals surface area contributed by atoms with Crippen molar-refractivity contribution in [2.24, 2.45) is 0 Å². The highest BCUT2D eigenvalue weighted by Crippen LogP contribution is 2.26. The van der Waals surface area contributed by atoms with Crippen molar-refractivity contribution >= 4 is 29.3 Å². The van der Waals surface area contributed by atoms with E-state index in [1.54, 1.807) is 12.1 Å². The van der Waals surface area contributed by atoms with Gasteiger partial charge < -0.3 is 14.7 Å². The van der Waals surface area contributed by atoms with Crippen molar-refractivity contribution in [2.75, 3.05) is 25.1 Å². The van der Waals surface area contributed by atoms with Gasteiger partial charge in [-0.1, -0.05) is 17.7 Å². The van der Waals surface area contributed by atoms with Gasteiger partial charge in [-0.2, -0.15) is 0 Å². The van der Waals surface area contributed by atoms with Crippen LogP contribution >= 0.6 is 11.6 Å². The molecule has 1 heterocycles. The van der Waals surface area contributed by atoms with E-state index in [4.69, 9.17) is 21.4 Å². The van der Waals surface area contributed by atoms with Crippen LogP contribution in [-0.4, -0.2) is 37.4 Å². The lowest BCUT2D eigenvalue weighted by atomic mass is 10.1. The molecule has 2 rings (SSSR count). The van der Waals surface area contributed by atoms with E-state index in [0.29, 0.717) is 5.02 Å². The van der Waals surface area contributed by atoms with Crippen molar-refractivity contribution in [1.82, 2.24) is 0 Å². The van der Waals surface area contributed by atoms with Crippen molar-refractivity contribution in [3.63, 3.8) is 0 Å². The van der Waals surface area contributed by atoms with Crippen LogP contribution in [0.1, 0.15) is 18.4 Å². The molecular formula is C15H18ClNO3. The van der Waals surface area contributed by atoms with Crippen LogP contribution in [0.15, 0.2) is 24.3 Å². The summed E-state index contributed by atoms with van der Waals surface area (Å²) in [6.07, 6.45) is 5.10. The summed E-state index contributed by atoms with van der Waals surface area (Å²) >= 11 is 6.04. The van der Waals surface area contributed by atoms with Gasteiger partial charge in [-0.25, -0.2) is 4.79 Å². The molecule has 0 amide bonds. The summed E-state index contributed by atoms with van der Waals surface area (Å²) in [5.74, 6) is -0.965. The monoisotopic (exact) mass is 295 g/mol. The molecule has 20 heavy (non-hydrogen) atoms. The molecule has 1 aliphatic heterocycles. The summed E-state index contributed by atoms with van der Waals surface area (Å²) < 4.78 is 5.63. The number of carbonyl (C=O) groups is 1. The fourth-order valence-electron chi connectivity index (χ4n) is 2.34. The lowest BCUT2D eigenvalue weighted by molar-refractivity contribution is -0.131. The number of benzene rings is 1. The zero-order valence-corrected chi connectivity index (χ0v) is 12.1. The van der Waals surface area contributed by atoms with Crippen LogP contribution in [0.2, 0.25) is 5.02 Å². The van der Waals surface area contributed by atoms with Crippen LogP contribution < -0.4 is 4.90 Å². The molecule has 1 atom stereocenters. The maximum Gasteiger partial charge on any atom is 0.328 e. The Morgan fingerprint density at radius 3 is 3.05 bits per heavy atom. The van der Waals surface area contributed by atoms with E-state index in [2.05, 4.69) is 4.90 Å². The van der Waals surface area contributed by atoms with Gasteiger partial charge in [0, 0.05) is 37.0 Å². The second-order valence-electron chi connectivity index (χ2n) is 4.89.